The number of carbonyl (C=O) groups is 1. The number of benzene rings is 1. The Hall–Kier alpha value is -1.97. The lowest BCUT2D eigenvalue weighted by Gasteiger charge is -2.25. The molecule has 0 saturated heterocycles. The molecule has 0 aliphatic heterocycles. The van der Waals surface area contributed by atoms with E-state index in [1.54, 1.807) is 13.0 Å². The minimum Gasteiger partial charge on any atom is -0.478 e. The van der Waals surface area contributed by atoms with Crippen LogP contribution in [0.5, 0.6) is 0 Å². The highest BCUT2D eigenvalue weighted by molar-refractivity contribution is 6.04. The monoisotopic (exact) mass is 287 g/mol. The first kappa shape index (κ1) is 14.0. The van der Waals surface area contributed by atoms with Gasteiger partial charge in [-0.15, -0.1) is 0 Å². The molecule has 1 atom stereocenters. The molecule has 1 unspecified atom stereocenters. The standard InChI is InChI=1S/C17H18FNO2/c1-3-10-4-5-14-11(8-10)15(17(20)21)12-6-9(2)7-13(18)16(12)19-14/h6-7,10H,3-5,8H2,1-2H3,(H,20,21). The molecule has 0 saturated carbocycles. The Balaban J connectivity index is 2.35. The van der Waals surface area contributed by atoms with E-state index in [1.807, 2.05) is 0 Å². The zero-order valence-corrected chi connectivity index (χ0v) is 12.2. The number of hydrogen-bond donors (Lipinski definition) is 1. The van der Waals surface area contributed by atoms with Crippen LogP contribution in [0.25, 0.3) is 10.9 Å². The smallest absolute Gasteiger partial charge is 0.336 e. The molecule has 3 nitrogen and oxygen atoms in total. The molecule has 0 amide bonds. The van der Waals surface area contributed by atoms with E-state index in [0.717, 1.165) is 36.9 Å². The fourth-order valence-corrected chi connectivity index (χ4v) is 3.30. The van der Waals surface area contributed by atoms with Gasteiger partial charge in [0.15, 0.2) is 0 Å². The van der Waals surface area contributed by atoms with Crippen LogP contribution in [0.1, 0.15) is 46.9 Å². The van der Waals surface area contributed by atoms with Gasteiger partial charge in [0.05, 0.1) is 5.56 Å². The Morgan fingerprint density at radius 2 is 2.24 bits per heavy atom. The highest BCUT2D eigenvalue weighted by Gasteiger charge is 2.27. The van der Waals surface area contributed by atoms with Crippen molar-refractivity contribution >= 4 is 16.9 Å². The molecule has 2 aromatic rings. The maximum Gasteiger partial charge on any atom is 0.336 e. The molecule has 1 aromatic heterocycles. The number of aromatic carboxylic acids is 1. The summed E-state index contributed by atoms with van der Waals surface area (Å²) in [6.45, 7) is 3.89. The molecule has 110 valence electrons. The summed E-state index contributed by atoms with van der Waals surface area (Å²) >= 11 is 0. The van der Waals surface area contributed by atoms with Gasteiger partial charge in [0, 0.05) is 11.1 Å². The number of nitrogens with zero attached hydrogens (tertiary/aromatic N) is 1. The second-order valence-electron chi connectivity index (χ2n) is 5.88. The topological polar surface area (TPSA) is 50.2 Å². The summed E-state index contributed by atoms with van der Waals surface area (Å²) in [6.07, 6.45) is 3.48. The maximum absolute atomic E-state index is 14.1. The van der Waals surface area contributed by atoms with Crippen molar-refractivity contribution < 1.29 is 14.3 Å². The largest absolute Gasteiger partial charge is 0.478 e. The Bertz CT molecular complexity index is 739. The number of pyridine rings is 1. The number of carboxylic acids is 1. The van der Waals surface area contributed by atoms with E-state index in [-0.39, 0.29) is 11.1 Å². The molecule has 1 aliphatic rings. The van der Waals surface area contributed by atoms with Crippen molar-refractivity contribution in [1.82, 2.24) is 4.98 Å². The van der Waals surface area contributed by atoms with Gasteiger partial charge in [0.2, 0.25) is 0 Å². The first-order chi connectivity index (χ1) is 10.0. The van der Waals surface area contributed by atoms with Gasteiger partial charge in [-0.05, 0) is 55.4 Å². The molecule has 0 radical (unpaired) electrons. The number of rotatable bonds is 2. The van der Waals surface area contributed by atoms with E-state index in [2.05, 4.69) is 11.9 Å². The van der Waals surface area contributed by atoms with Crippen LogP contribution in [0.4, 0.5) is 4.39 Å². The van der Waals surface area contributed by atoms with E-state index in [4.69, 9.17) is 0 Å². The van der Waals surface area contributed by atoms with Crippen molar-refractivity contribution in [3.8, 4) is 0 Å². The summed E-state index contributed by atoms with van der Waals surface area (Å²) in [4.78, 5) is 16.2. The predicted octanol–water partition coefficient (Wildman–Crippen LogP) is 3.90. The number of aromatic nitrogens is 1. The molecular weight excluding hydrogens is 269 g/mol. The average Bonchev–Trinajstić information content (AvgIpc) is 2.44. The van der Waals surface area contributed by atoms with Gasteiger partial charge in [0.25, 0.3) is 0 Å². The van der Waals surface area contributed by atoms with Crippen molar-refractivity contribution in [3.63, 3.8) is 0 Å². The Labute approximate surface area is 122 Å². The van der Waals surface area contributed by atoms with Crippen LogP contribution >= 0.6 is 0 Å². The summed E-state index contributed by atoms with van der Waals surface area (Å²) in [7, 11) is 0. The second kappa shape index (κ2) is 5.10. The molecule has 3 rings (SSSR count). The molecule has 21 heavy (non-hydrogen) atoms. The lowest BCUT2D eigenvalue weighted by atomic mass is 9.82. The van der Waals surface area contributed by atoms with Crippen molar-refractivity contribution in [2.75, 3.05) is 0 Å². The number of carboxylic acid groups (broad SMARTS) is 1. The van der Waals surface area contributed by atoms with Crippen LogP contribution < -0.4 is 0 Å². The minimum atomic E-state index is -0.986. The summed E-state index contributed by atoms with van der Waals surface area (Å²) in [6, 6.07) is 3.13. The molecule has 0 fully saturated rings. The van der Waals surface area contributed by atoms with Crippen molar-refractivity contribution in [3.05, 3.63) is 40.3 Å². The van der Waals surface area contributed by atoms with Gasteiger partial charge in [-0.25, -0.2) is 14.2 Å². The Kier molecular flexibility index (Phi) is 3.40. The summed E-state index contributed by atoms with van der Waals surface area (Å²) < 4.78 is 14.1. The number of fused-ring (bicyclic) bond motifs is 2. The van der Waals surface area contributed by atoms with Gasteiger partial charge < -0.3 is 5.11 Å². The van der Waals surface area contributed by atoms with Crippen LogP contribution in [0.2, 0.25) is 0 Å². The van der Waals surface area contributed by atoms with E-state index in [0.29, 0.717) is 16.9 Å². The average molecular weight is 287 g/mol. The Morgan fingerprint density at radius 1 is 1.48 bits per heavy atom. The normalized spacial score (nSPS) is 17.8. The first-order valence-corrected chi connectivity index (χ1v) is 7.36. The zero-order chi connectivity index (χ0) is 15.1. The number of hydrogen-bond acceptors (Lipinski definition) is 2. The van der Waals surface area contributed by atoms with Crippen molar-refractivity contribution in [1.29, 1.82) is 0 Å². The van der Waals surface area contributed by atoms with Crippen LogP contribution in [0.15, 0.2) is 12.1 Å². The van der Waals surface area contributed by atoms with Crippen LogP contribution in [-0.4, -0.2) is 16.1 Å². The quantitative estimate of drug-likeness (QED) is 0.911. The highest BCUT2D eigenvalue weighted by Crippen LogP contribution is 2.34. The first-order valence-electron chi connectivity index (χ1n) is 7.36. The summed E-state index contributed by atoms with van der Waals surface area (Å²) in [5.74, 6) is -0.933. The van der Waals surface area contributed by atoms with E-state index in [1.165, 1.54) is 6.07 Å². The van der Waals surface area contributed by atoms with Gasteiger partial charge in [-0.3, -0.25) is 0 Å². The van der Waals surface area contributed by atoms with Gasteiger partial charge in [0.1, 0.15) is 11.3 Å². The molecule has 4 heteroatoms. The van der Waals surface area contributed by atoms with Crippen molar-refractivity contribution in [2.24, 2.45) is 5.92 Å². The fraction of sp³-hybridized carbons (Fsp3) is 0.412. The van der Waals surface area contributed by atoms with Crippen LogP contribution in [0, 0.1) is 18.7 Å². The maximum atomic E-state index is 14.1. The third-order valence-electron chi connectivity index (χ3n) is 4.45. The van der Waals surface area contributed by atoms with Crippen LogP contribution in [0.3, 0.4) is 0 Å². The molecule has 0 spiro atoms. The van der Waals surface area contributed by atoms with Crippen molar-refractivity contribution in [2.45, 2.75) is 39.5 Å². The highest BCUT2D eigenvalue weighted by atomic mass is 19.1. The van der Waals surface area contributed by atoms with Gasteiger partial charge >= 0.3 is 5.97 Å². The molecule has 1 aromatic carbocycles. The second-order valence-corrected chi connectivity index (χ2v) is 5.88. The number of aryl methyl sites for hydroxylation is 2. The Morgan fingerprint density at radius 3 is 2.90 bits per heavy atom. The van der Waals surface area contributed by atoms with E-state index < -0.39 is 11.8 Å². The van der Waals surface area contributed by atoms with E-state index >= 15 is 0 Å². The third-order valence-corrected chi connectivity index (χ3v) is 4.45. The molecule has 1 N–H and O–H groups in total. The minimum absolute atomic E-state index is 0.187. The summed E-state index contributed by atoms with van der Waals surface area (Å²) in [5, 5.41) is 10.1. The lowest BCUT2D eigenvalue weighted by Crippen LogP contribution is -2.19. The van der Waals surface area contributed by atoms with Gasteiger partial charge in [-0.2, -0.15) is 0 Å². The SMILES string of the molecule is CCC1CCc2nc3c(F)cc(C)cc3c(C(=O)O)c2C1. The predicted molar refractivity (Wildman–Crippen MR) is 79.2 cm³/mol. The van der Waals surface area contributed by atoms with E-state index in [9.17, 15) is 14.3 Å². The summed E-state index contributed by atoms with van der Waals surface area (Å²) in [5.41, 5.74) is 2.71. The van der Waals surface area contributed by atoms with Gasteiger partial charge in [-0.1, -0.05) is 13.3 Å². The zero-order valence-electron chi connectivity index (χ0n) is 12.2. The van der Waals surface area contributed by atoms with Crippen LogP contribution in [-0.2, 0) is 12.8 Å². The molecule has 1 heterocycles. The third kappa shape index (κ3) is 2.28. The fourth-order valence-electron chi connectivity index (χ4n) is 3.30. The molecule has 1 aliphatic carbocycles. The lowest BCUT2D eigenvalue weighted by molar-refractivity contribution is 0.0697. The number of halogens is 1. The molecular formula is C17H18FNO2. The molecule has 0 bridgehead atoms.